The Morgan fingerprint density at radius 1 is 1.06 bits per heavy atom. The Bertz CT molecular complexity index is 1020. The Balaban J connectivity index is 1.78. The predicted octanol–water partition coefficient (Wildman–Crippen LogP) is 4.92. The molecule has 174 valence electrons. The lowest BCUT2D eigenvalue weighted by molar-refractivity contribution is -0.143. The number of halogens is 7. The fourth-order valence-corrected chi connectivity index (χ4v) is 3.69. The van der Waals surface area contributed by atoms with Crippen LogP contribution in [-0.4, -0.2) is 38.4 Å². The van der Waals surface area contributed by atoms with E-state index >= 15 is 0 Å². The molecule has 0 atom stereocenters. The number of nitrogens with zero attached hydrogens (tertiary/aromatic N) is 3. The molecule has 1 aromatic carbocycles. The maximum Gasteiger partial charge on any atom is 0.416 e. The second kappa shape index (κ2) is 8.64. The number of aromatic nitrogens is 2. The van der Waals surface area contributed by atoms with Gasteiger partial charge in [-0.25, -0.2) is 9.59 Å². The number of alkyl halides is 6. The lowest BCUT2D eigenvalue weighted by atomic mass is 10.1. The van der Waals surface area contributed by atoms with Gasteiger partial charge in [-0.3, -0.25) is 4.68 Å². The number of hydrogen-bond acceptors (Lipinski definition) is 4. The molecule has 1 aromatic heterocycles. The van der Waals surface area contributed by atoms with Gasteiger partial charge in [0.1, 0.15) is 6.61 Å². The molecule has 32 heavy (non-hydrogen) atoms. The van der Waals surface area contributed by atoms with Crippen molar-refractivity contribution in [2.75, 3.05) is 6.54 Å². The first-order valence-electron chi connectivity index (χ1n) is 8.96. The summed E-state index contributed by atoms with van der Waals surface area (Å²) >= 11 is 3.12. The van der Waals surface area contributed by atoms with Gasteiger partial charge in [-0.05, 0) is 46.1 Å². The summed E-state index contributed by atoms with van der Waals surface area (Å²) < 4.78 is 84.4. The fourth-order valence-electron chi connectivity index (χ4n) is 3.11. The number of fused-ring (bicyclic) bond motifs is 1. The number of carbonyl (C=O) groups excluding carboxylic acids is 1. The highest BCUT2D eigenvalue weighted by atomic mass is 79.9. The van der Waals surface area contributed by atoms with Crippen molar-refractivity contribution in [2.24, 2.45) is 0 Å². The molecule has 0 aliphatic carbocycles. The van der Waals surface area contributed by atoms with Crippen LogP contribution in [0.4, 0.5) is 31.1 Å². The number of carboxylic acid groups (broad SMARTS) is 1. The van der Waals surface area contributed by atoms with Crippen LogP contribution in [0.15, 0.2) is 22.7 Å². The maximum absolute atomic E-state index is 13.0. The molecule has 3 rings (SSSR count). The quantitative estimate of drug-likeness (QED) is 0.570. The summed E-state index contributed by atoms with van der Waals surface area (Å²) in [4.78, 5) is 24.8. The molecule has 2 heterocycles. The Morgan fingerprint density at radius 2 is 1.66 bits per heavy atom. The molecular weight excluding hydrogens is 516 g/mol. The first-order chi connectivity index (χ1) is 14.8. The molecule has 2 aromatic rings. The Labute approximate surface area is 184 Å². The molecule has 1 amide bonds. The second-order valence-electron chi connectivity index (χ2n) is 6.88. The molecule has 0 fully saturated rings. The van der Waals surface area contributed by atoms with Crippen LogP contribution in [0.5, 0.6) is 0 Å². The Morgan fingerprint density at radius 3 is 2.19 bits per heavy atom. The molecule has 0 saturated heterocycles. The number of amides is 1. The summed E-state index contributed by atoms with van der Waals surface area (Å²) in [6, 6.07) is 0.949. The third-order valence-electron chi connectivity index (χ3n) is 4.60. The average molecular weight is 530 g/mol. The van der Waals surface area contributed by atoms with Crippen molar-refractivity contribution in [1.29, 1.82) is 0 Å². The molecule has 1 N–H and O–H groups in total. The van der Waals surface area contributed by atoms with E-state index in [4.69, 9.17) is 9.84 Å². The highest BCUT2D eigenvalue weighted by Crippen LogP contribution is 2.36. The van der Waals surface area contributed by atoms with Gasteiger partial charge >= 0.3 is 24.4 Å². The number of carbonyl (C=O) groups is 2. The second-order valence-corrected chi connectivity index (χ2v) is 7.67. The van der Waals surface area contributed by atoms with Crippen molar-refractivity contribution in [1.82, 2.24) is 14.7 Å². The summed E-state index contributed by atoms with van der Waals surface area (Å²) in [5.74, 6) is -1.28. The summed E-state index contributed by atoms with van der Waals surface area (Å²) in [5.41, 5.74) is -3.38. The van der Waals surface area contributed by atoms with E-state index in [9.17, 15) is 35.9 Å². The molecule has 0 saturated carbocycles. The standard InChI is InChI=1S/C18H14BrF6N3O4/c19-13-12-7-27(2-1-3-28(12)26-14(13)15(29)30)16(31)32-8-9-4-10(17(20,21)22)6-11(5-9)18(23,24)25/h4-6H,1-3,7-8H2,(H,29,30). The van der Waals surface area contributed by atoms with Crippen molar-refractivity contribution < 1.29 is 45.8 Å². The first kappa shape index (κ1) is 23.9. The maximum atomic E-state index is 13.0. The van der Waals surface area contributed by atoms with E-state index in [1.807, 2.05) is 0 Å². The summed E-state index contributed by atoms with van der Waals surface area (Å²) in [7, 11) is 0. The Kier molecular flexibility index (Phi) is 6.45. The third-order valence-corrected chi connectivity index (χ3v) is 5.44. The zero-order valence-electron chi connectivity index (χ0n) is 15.9. The number of ether oxygens (including phenoxy) is 1. The average Bonchev–Trinajstić information content (AvgIpc) is 2.86. The van der Waals surface area contributed by atoms with E-state index in [1.54, 1.807) is 0 Å². The van der Waals surface area contributed by atoms with E-state index in [0.29, 0.717) is 30.8 Å². The molecule has 0 spiro atoms. The monoisotopic (exact) mass is 529 g/mol. The van der Waals surface area contributed by atoms with Crippen LogP contribution in [-0.2, 0) is 36.8 Å². The van der Waals surface area contributed by atoms with Gasteiger partial charge in [0.05, 0.1) is 27.8 Å². The largest absolute Gasteiger partial charge is 0.476 e. The number of aryl methyl sites for hydroxylation is 1. The number of rotatable bonds is 3. The highest BCUT2D eigenvalue weighted by Gasteiger charge is 2.37. The first-order valence-corrected chi connectivity index (χ1v) is 9.75. The third kappa shape index (κ3) is 5.16. The fraction of sp³-hybridized carbons (Fsp3) is 0.389. The van der Waals surface area contributed by atoms with Crippen LogP contribution in [0.25, 0.3) is 0 Å². The van der Waals surface area contributed by atoms with Gasteiger partial charge in [0.25, 0.3) is 0 Å². The van der Waals surface area contributed by atoms with Crippen LogP contribution in [0.1, 0.15) is 39.3 Å². The smallest absolute Gasteiger partial charge is 0.416 e. The van der Waals surface area contributed by atoms with Crippen molar-refractivity contribution in [3.05, 3.63) is 50.8 Å². The normalized spacial score (nSPS) is 14.7. The minimum absolute atomic E-state index is 0.0150. The molecular formula is C18H14BrF6N3O4. The highest BCUT2D eigenvalue weighted by molar-refractivity contribution is 9.10. The van der Waals surface area contributed by atoms with Gasteiger partial charge in [-0.2, -0.15) is 31.4 Å². The number of benzene rings is 1. The summed E-state index contributed by atoms with van der Waals surface area (Å²) in [6.07, 6.45) is -10.6. The molecule has 0 radical (unpaired) electrons. The zero-order valence-corrected chi connectivity index (χ0v) is 17.5. The molecule has 0 unspecified atom stereocenters. The number of hydrogen-bond donors (Lipinski definition) is 1. The summed E-state index contributed by atoms with van der Waals surface area (Å²) in [6.45, 7) is -0.472. The van der Waals surface area contributed by atoms with Gasteiger partial charge in [-0.15, -0.1) is 0 Å². The SMILES string of the molecule is O=C(O)c1nn2c(c1Br)CN(C(=O)OCc1cc(C(F)(F)F)cc(C(F)(F)F)c1)CCC2. The molecule has 0 bridgehead atoms. The minimum atomic E-state index is -5.02. The minimum Gasteiger partial charge on any atom is -0.476 e. The molecule has 7 nitrogen and oxygen atoms in total. The molecule has 1 aliphatic rings. The van der Waals surface area contributed by atoms with Crippen LogP contribution < -0.4 is 0 Å². The van der Waals surface area contributed by atoms with Gasteiger partial charge in [-0.1, -0.05) is 0 Å². The number of carboxylic acids is 1. The molecule has 14 heteroatoms. The van der Waals surface area contributed by atoms with E-state index < -0.39 is 47.7 Å². The van der Waals surface area contributed by atoms with Gasteiger partial charge in [0.2, 0.25) is 0 Å². The topological polar surface area (TPSA) is 84.7 Å². The van der Waals surface area contributed by atoms with Crippen molar-refractivity contribution >= 4 is 28.0 Å². The van der Waals surface area contributed by atoms with E-state index in [1.165, 1.54) is 4.68 Å². The van der Waals surface area contributed by atoms with Crippen molar-refractivity contribution in [2.45, 2.75) is 38.5 Å². The van der Waals surface area contributed by atoms with E-state index in [-0.39, 0.29) is 29.3 Å². The van der Waals surface area contributed by atoms with Gasteiger partial charge < -0.3 is 14.7 Å². The summed E-state index contributed by atoms with van der Waals surface area (Å²) in [5, 5.41) is 13.1. The van der Waals surface area contributed by atoms with Crippen LogP contribution >= 0.6 is 15.9 Å². The Hall–Kier alpha value is -2.77. The lowest BCUT2D eigenvalue weighted by Gasteiger charge is -2.20. The number of aromatic carboxylic acids is 1. The van der Waals surface area contributed by atoms with Gasteiger partial charge in [0, 0.05) is 13.1 Å². The van der Waals surface area contributed by atoms with Crippen molar-refractivity contribution in [3.63, 3.8) is 0 Å². The lowest BCUT2D eigenvalue weighted by Crippen LogP contribution is -2.31. The van der Waals surface area contributed by atoms with Crippen LogP contribution in [0, 0.1) is 0 Å². The van der Waals surface area contributed by atoms with Crippen LogP contribution in [0.3, 0.4) is 0 Å². The van der Waals surface area contributed by atoms with Crippen LogP contribution in [0.2, 0.25) is 0 Å². The van der Waals surface area contributed by atoms with E-state index in [0.717, 1.165) is 4.90 Å². The zero-order chi connectivity index (χ0) is 23.8. The van der Waals surface area contributed by atoms with E-state index in [2.05, 4.69) is 21.0 Å². The molecule has 1 aliphatic heterocycles. The van der Waals surface area contributed by atoms with Crippen molar-refractivity contribution in [3.8, 4) is 0 Å². The van der Waals surface area contributed by atoms with Gasteiger partial charge in [0.15, 0.2) is 5.69 Å². The predicted molar refractivity (Wildman–Crippen MR) is 98.5 cm³/mol.